The number of benzene rings is 2. The summed E-state index contributed by atoms with van der Waals surface area (Å²) in [5, 5.41) is 0. The number of hydrogen-bond donors (Lipinski definition) is 2. The minimum atomic E-state index is -3.51. The van der Waals surface area contributed by atoms with Gasteiger partial charge in [0.15, 0.2) is 0 Å². The molecular formula is C16H20N2O2S. The van der Waals surface area contributed by atoms with Crippen LogP contribution < -0.4 is 10.5 Å². The van der Waals surface area contributed by atoms with E-state index >= 15 is 0 Å². The number of nitrogens with one attached hydrogen (secondary N) is 1. The van der Waals surface area contributed by atoms with Crippen LogP contribution in [0.15, 0.2) is 53.4 Å². The third kappa shape index (κ3) is 3.83. The van der Waals surface area contributed by atoms with Gasteiger partial charge in [-0.05, 0) is 44.5 Å². The molecule has 2 aromatic carbocycles. The molecule has 0 saturated carbocycles. The van der Waals surface area contributed by atoms with Gasteiger partial charge in [-0.3, -0.25) is 0 Å². The van der Waals surface area contributed by atoms with Crippen LogP contribution in [-0.2, 0) is 10.0 Å². The maximum absolute atomic E-state index is 12.2. The predicted molar refractivity (Wildman–Crippen MR) is 86.4 cm³/mol. The minimum Gasteiger partial charge on any atom is -0.398 e. The highest BCUT2D eigenvalue weighted by Gasteiger charge is 2.21. The first-order valence-corrected chi connectivity index (χ1v) is 8.16. The molecule has 2 rings (SSSR count). The second kappa shape index (κ2) is 5.50. The molecule has 0 aliphatic carbocycles. The van der Waals surface area contributed by atoms with Gasteiger partial charge in [-0.25, -0.2) is 13.1 Å². The van der Waals surface area contributed by atoms with Crippen LogP contribution in [0.4, 0.5) is 5.69 Å². The van der Waals surface area contributed by atoms with Crippen LogP contribution in [0.2, 0.25) is 0 Å². The molecule has 0 aliphatic heterocycles. The summed E-state index contributed by atoms with van der Waals surface area (Å²) in [5.41, 5.74) is 7.87. The molecule has 5 heteroatoms. The standard InChI is InChI=1S/C16H20N2O2S/c1-16(2,3)18-21(19,20)13-10-8-12(9-11-13)14-6-4-5-7-15(14)17/h4-11,18H,17H2,1-3H3. The molecule has 4 nitrogen and oxygen atoms in total. The van der Waals surface area contributed by atoms with Crippen molar-refractivity contribution < 1.29 is 8.42 Å². The lowest BCUT2D eigenvalue weighted by molar-refractivity contribution is 0.491. The zero-order chi connectivity index (χ0) is 15.7. The fraction of sp³-hybridized carbons (Fsp3) is 0.250. The highest BCUT2D eigenvalue weighted by Crippen LogP contribution is 2.26. The summed E-state index contributed by atoms with van der Waals surface area (Å²) < 4.78 is 27.1. The third-order valence-electron chi connectivity index (χ3n) is 2.88. The molecule has 0 saturated heterocycles. The molecule has 0 aromatic heterocycles. The number of rotatable bonds is 3. The van der Waals surface area contributed by atoms with Gasteiger partial charge in [-0.1, -0.05) is 30.3 Å². The highest BCUT2D eigenvalue weighted by molar-refractivity contribution is 7.89. The molecule has 0 atom stereocenters. The fourth-order valence-corrected chi connectivity index (χ4v) is 3.45. The Morgan fingerprint density at radius 2 is 1.52 bits per heavy atom. The summed E-state index contributed by atoms with van der Waals surface area (Å²) in [6.07, 6.45) is 0. The van der Waals surface area contributed by atoms with Crippen molar-refractivity contribution in [2.45, 2.75) is 31.2 Å². The predicted octanol–water partition coefficient (Wildman–Crippen LogP) is 3.01. The maximum atomic E-state index is 12.2. The summed E-state index contributed by atoms with van der Waals surface area (Å²) in [6, 6.07) is 14.2. The molecule has 0 bridgehead atoms. The van der Waals surface area contributed by atoms with Crippen molar-refractivity contribution >= 4 is 15.7 Å². The fourth-order valence-electron chi connectivity index (χ4n) is 2.04. The number of anilines is 1. The zero-order valence-electron chi connectivity index (χ0n) is 12.4. The lowest BCUT2D eigenvalue weighted by Gasteiger charge is -2.20. The lowest BCUT2D eigenvalue weighted by atomic mass is 10.0. The average Bonchev–Trinajstić information content (AvgIpc) is 2.37. The Kier molecular flexibility index (Phi) is 4.07. The van der Waals surface area contributed by atoms with Crippen molar-refractivity contribution in [1.82, 2.24) is 4.72 Å². The zero-order valence-corrected chi connectivity index (χ0v) is 13.2. The molecule has 0 fully saturated rings. The van der Waals surface area contributed by atoms with Crippen LogP contribution in [-0.4, -0.2) is 14.0 Å². The SMILES string of the molecule is CC(C)(C)NS(=O)(=O)c1ccc(-c2ccccc2N)cc1. The molecule has 2 aromatic rings. The highest BCUT2D eigenvalue weighted by atomic mass is 32.2. The van der Waals surface area contributed by atoms with Crippen molar-refractivity contribution in [2.24, 2.45) is 0 Å². The van der Waals surface area contributed by atoms with Crippen molar-refractivity contribution in [1.29, 1.82) is 0 Å². The van der Waals surface area contributed by atoms with Gasteiger partial charge in [0.1, 0.15) is 0 Å². The van der Waals surface area contributed by atoms with E-state index in [2.05, 4.69) is 4.72 Å². The first-order valence-electron chi connectivity index (χ1n) is 6.68. The Labute approximate surface area is 126 Å². The molecule has 21 heavy (non-hydrogen) atoms. The number of nitrogens with two attached hydrogens (primary N) is 1. The first-order chi connectivity index (χ1) is 9.69. The van der Waals surface area contributed by atoms with E-state index in [1.165, 1.54) is 0 Å². The quantitative estimate of drug-likeness (QED) is 0.856. The van der Waals surface area contributed by atoms with Crippen LogP contribution in [0.5, 0.6) is 0 Å². The smallest absolute Gasteiger partial charge is 0.241 e. The van der Waals surface area contributed by atoms with E-state index in [9.17, 15) is 8.42 Å². The van der Waals surface area contributed by atoms with Crippen LogP contribution in [0.25, 0.3) is 11.1 Å². The third-order valence-corrected chi connectivity index (χ3v) is 4.65. The van der Waals surface area contributed by atoms with Gasteiger partial charge in [0, 0.05) is 16.8 Å². The summed E-state index contributed by atoms with van der Waals surface area (Å²) in [6.45, 7) is 5.43. The molecule has 0 aliphatic rings. The van der Waals surface area contributed by atoms with Crippen LogP contribution >= 0.6 is 0 Å². The molecule has 0 amide bonds. The number of hydrogen-bond acceptors (Lipinski definition) is 3. The van der Waals surface area contributed by atoms with Crippen molar-refractivity contribution in [3.63, 3.8) is 0 Å². The van der Waals surface area contributed by atoms with Gasteiger partial charge < -0.3 is 5.73 Å². The summed E-state index contributed by atoms with van der Waals surface area (Å²) in [5.74, 6) is 0. The number of para-hydroxylation sites is 1. The van der Waals surface area contributed by atoms with E-state index in [-0.39, 0.29) is 4.90 Å². The Hall–Kier alpha value is -1.85. The van der Waals surface area contributed by atoms with Gasteiger partial charge in [0.05, 0.1) is 4.90 Å². The van der Waals surface area contributed by atoms with E-state index in [0.29, 0.717) is 5.69 Å². The Morgan fingerprint density at radius 3 is 2.05 bits per heavy atom. The molecular weight excluding hydrogens is 284 g/mol. The normalized spacial score (nSPS) is 12.3. The van der Waals surface area contributed by atoms with Gasteiger partial charge in [0.2, 0.25) is 10.0 Å². The Morgan fingerprint density at radius 1 is 0.952 bits per heavy atom. The van der Waals surface area contributed by atoms with Crippen LogP contribution in [0, 0.1) is 0 Å². The largest absolute Gasteiger partial charge is 0.398 e. The van der Waals surface area contributed by atoms with Crippen molar-refractivity contribution in [3.8, 4) is 11.1 Å². The minimum absolute atomic E-state index is 0.246. The molecule has 0 radical (unpaired) electrons. The first kappa shape index (κ1) is 15.5. The van der Waals surface area contributed by atoms with Gasteiger partial charge in [0.25, 0.3) is 0 Å². The van der Waals surface area contributed by atoms with E-state index in [1.54, 1.807) is 24.3 Å². The molecule has 0 heterocycles. The Bertz CT molecular complexity index is 730. The van der Waals surface area contributed by atoms with Gasteiger partial charge in [-0.15, -0.1) is 0 Å². The van der Waals surface area contributed by atoms with E-state index in [4.69, 9.17) is 5.73 Å². The second-order valence-corrected chi connectivity index (χ2v) is 7.65. The van der Waals surface area contributed by atoms with E-state index in [1.807, 2.05) is 45.0 Å². The number of sulfonamides is 1. The number of nitrogen functional groups attached to an aromatic ring is 1. The molecule has 0 unspecified atom stereocenters. The second-order valence-electron chi connectivity index (χ2n) is 5.97. The molecule has 112 valence electrons. The summed E-state index contributed by atoms with van der Waals surface area (Å²) in [4.78, 5) is 0.246. The molecule has 0 spiro atoms. The average molecular weight is 304 g/mol. The van der Waals surface area contributed by atoms with Crippen molar-refractivity contribution in [2.75, 3.05) is 5.73 Å². The summed E-state index contributed by atoms with van der Waals surface area (Å²) >= 11 is 0. The van der Waals surface area contributed by atoms with Gasteiger partial charge in [-0.2, -0.15) is 0 Å². The monoisotopic (exact) mass is 304 g/mol. The van der Waals surface area contributed by atoms with E-state index in [0.717, 1.165) is 11.1 Å². The van der Waals surface area contributed by atoms with Crippen LogP contribution in [0.3, 0.4) is 0 Å². The summed E-state index contributed by atoms with van der Waals surface area (Å²) in [7, 11) is -3.51. The Balaban J connectivity index is 2.34. The lowest BCUT2D eigenvalue weighted by Crippen LogP contribution is -2.40. The van der Waals surface area contributed by atoms with Crippen LogP contribution in [0.1, 0.15) is 20.8 Å². The van der Waals surface area contributed by atoms with Gasteiger partial charge >= 0.3 is 0 Å². The maximum Gasteiger partial charge on any atom is 0.241 e. The topological polar surface area (TPSA) is 72.2 Å². The van der Waals surface area contributed by atoms with Crippen molar-refractivity contribution in [3.05, 3.63) is 48.5 Å². The molecule has 3 N–H and O–H groups in total. The van der Waals surface area contributed by atoms with E-state index < -0.39 is 15.6 Å².